The molecule has 1 aromatic carbocycles. The molecule has 0 unspecified atom stereocenters. The zero-order valence-corrected chi connectivity index (χ0v) is 14.3. The monoisotopic (exact) mass is 352 g/mol. The van der Waals surface area contributed by atoms with Crippen LogP contribution in [-0.2, 0) is 16.1 Å². The smallest absolute Gasteiger partial charge is 0.411 e. The third kappa shape index (κ3) is 5.98. The number of carbonyl (C=O) groups excluding carboxylic acids is 2. The molecule has 25 heavy (non-hydrogen) atoms. The van der Waals surface area contributed by atoms with E-state index in [2.05, 4.69) is 10.6 Å². The fourth-order valence-electron chi connectivity index (χ4n) is 1.99. The summed E-state index contributed by atoms with van der Waals surface area (Å²) in [7, 11) is 0. The number of anilines is 1. The van der Waals surface area contributed by atoms with Gasteiger partial charge >= 0.3 is 12.2 Å². The summed E-state index contributed by atoms with van der Waals surface area (Å²) >= 11 is 0. The summed E-state index contributed by atoms with van der Waals surface area (Å²) in [6.07, 6.45) is -0.746. The van der Waals surface area contributed by atoms with E-state index in [-0.39, 0.29) is 25.3 Å². The highest BCUT2D eigenvalue weighted by Crippen LogP contribution is 2.26. The number of cyclic esters (lactones) is 1. The average molecular weight is 352 g/mol. The van der Waals surface area contributed by atoms with E-state index in [1.165, 1.54) is 0 Å². The van der Waals surface area contributed by atoms with Crippen molar-refractivity contribution < 1.29 is 28.2 Å². The summed E-state index contributed by atoms with van der Waals surface area (Å²) in [5, 5.41) is 5.03. The summed E-state index contributed by atoms with van der Waals surface area (Å²) < 4.78 is 28.4. The van der Waals surface area contributed by atoms with Crippen LogP contribution in [0.2, 0.25) is 0 Å². The summed E-state index contributed by atoms with van der Waals surface area (Å²) in [5.74, 6) is 0.495. The minimum absolute atomic E-state index is 0.0322. The van der Waals surface area contributed by atoms with E-state index in [4.69, 9.17) is 14.2 Å². The molecule has 0 fully saturated rings. The minimum atomic E-state index is -0.631. The van der Waals surface area contributed by atoms with Crippen LogP contribution in [0.5, 0.6) is 5.75 Å². The Morgan fingerprint density at radius 3 is 2.88 bits per heavy atom. The standard InChI is InChI=1S/C17H21FN2O5/c1-17(2,3)25-15(21)19-8-11(7-18)9-23-13-4-5-14-12(6-13)10-24-16(22)20-14/h4-7H,8-10H2,1-3H3,(H,19,21)(H,20,22). The van der Waals surface area contributed by atoms with Crippen LogP contribution in [0.3, 0.4) is 0 Å². The van der Waals surface area contributed by atoms with E-state index in [0.717, 1.165) is 5.56 Å². The molecule has 1 aromatic rings. The molecular weight excluding hydrogens is 331 g/mol. The van der Waals surface area contributed by atoms with Crippen LogP contribution in [0.4, 0.5) is 19.7 Å². The van der Waals surface area contributed by atoms with E-state index in [9.17, 15) is 14.0 Å². The number of carbonyl (C=O) groups is 2. The number of ether oxygens (including phenoxy) is 3. The number of nitrogens with one attached hydrogen (secondary N) is 2. The number of fused-ring (bicyclic) bond motifs is 1. The summed E-state index contributed by atoms with van der Waals surface area (Å²) in [4.78, 5) is 22.7. The third-order valence-electron chi connectivity index (χ3n) is 3.11. The molecule has 0 aliphatic carbocycles. The van der Waals surface area contributed by atoms with Crippen molar-refractivity contribution in [2.24, 2.45) is 0 Å². The molecule has 0 atom stereocenters. The molecule has 0 spiro atoms. The molecule has 1 aliphatic rings. The lowest BCUT2D eigenvalue weighted by Gasteiger charge is -2.20. The van der Waals surface area contributed by atoms with E-state index in [1.54, 1.807) is 39.0 Å². The Hall–Kier alpha value is -2.77. The maximum atomic E-state index is 13.0. The first-order chi connectivity index (χ1) is 11.8. The Balaban J connectivity index is 1.85. The highest BCUT2D eigenvalue weighted by Gasteiger charge is 2.17. The van der Waals surface area contributed by atoms with Gasteiger partial charge in [-0.3, -0.25) is 5.32 Å². The van der Waals surface area contributed by atoms with Crippen molar-refractivity contribution in [3.8, 4) is 5.75 Å². The average Bonchev–Trinajstić information content (AvgIpc) is 2.53. The Kier molecular flexibility index (Phi) is 5.84. The van der Waals surface area contributed by atoms with Gasteiger partial charge in [-0.2, -0.15) is 0 Å². The SMILES string of the molecule is CC(C)(C)OC(=O)NCC(=CF)COc1ccc2c(c1)COC(=O)N2. The van der Waals surface area contributed by atoms with Gasteiger partial charge in [-0.15, -0.1) is 0 Å². The van der Waals surface area contributed by atoms with Crippen LogP contribution >= 0.6 is 0 Å². The Morgan fingerprint density at radius 2 is 2.20 bits per heavy atom. The molecule has 0 aromatic heterocycles. The number of benzene rings is 1. The lowest BCUT2D eigenvalue weighted by Crippen LogP contribution is -2.34. The van der Waals surface area contributed by atoms with E-state index < -0.39 is 17.8 Å². The van der Waals surface area contributed by atoms with Crippen molar-refractivity contribution in [1.82, 2.24) is 5.32 Å². The maximum Gasteiger partial charge on any atom is 0.411 e. The first kappa shape index (κ1) is 18.6. The normalized spacial score (nSPS) is 14.1. The number of halogens is 1. The van der Waals surface area contributed by atoms with Crippen LogP contribution < -0.4 is 15.4 Å². The van der Waals surface area contributed by atoms with Gasteiger partial charge < -0.3 is 19.5 Å². The molecule has 8 heteroatoms. The van der Waals surface area contributed by atoms with Crippen molar-refractivity contribution >= 4 is 17.9 Å². The summed E-state index contributed by atoms with van der Waals surface area (Å²) in [5.41, 5.74) is 1.03. The van der Waals surface area contributed by atoms with Crippen LogP contribution in [0.25, 0.3) is 0 Å². The molecule has 2 rings (SSSR count). The molecule has 2 N–H and O–H groups in total. The molecule has 1 aliphatic heterocycles. The van der Waals surface area contributed by atoms with Gasteiger partial charge in [0.1, 0.15) is 24.6 Å². The fraction of sp³-hybridized carbons (Fsp3) is 0.412. The molecule has 136 valence electrons. The van der Waals surface area contributed by atoms with Crippen molar-refractivity contribution in [2.45, 2.75) is 33.0 Å². The van der Waals surface area contributed by atoms with Crippen LogP contribution in [0.1, 0.15) is 26.3 Å². The van der Waals surface area contributed by atoms with Crippen molar-refractivity contribution in [1.29, 1.82) is 0 Å². The first-order valence-electron chi connectivity index (χ1n) is 7.71. The van der Waals surface area contributed by atoms with Gasteiger partial charge in [0.25, 0.3) is 0 Å². The Bertz CT molecular complexity index is 682. The van der Waals surface area contributed by atoms with Gasteiger partial charge in [-0.1, -0.05) is 0 Å². The molecule has 1 heterocycles. The summed E-state index contributed by atoms with van der Waals surface area (Å²) in [6, 6.07) is 5.04. The number of hydrogen-bond donors (Lipinski definition) is 2. The van der Waals surface area contributed by atoms with Gasteiger partial charge in [-0.05, 0) is 39.0 Å². The van der Waals surface area contributed by atoms with Gasteiger partial charge in [0.05, 0.1) is 12.0 Å². The number of alkyl carbamates (subject to hydrolysis) is 1. The molecule has 2 amide bonds. The lowest BCUT2D eigenvalue weighted by molar-refractivity contribution is 0.0531. The molecule has 7 nitrogen and oxygen atoms in total. The zero-order valence-electron chi connectivity index (χ0n) is 14.3. The predicted octanol–water partition coefficient (Wildman–Crippen LogP) is 3.51. The van der Waals surface area contributed by atoms with Gasteiger partial charge in [0.2, 0.25) is 0 Å². The molecule has 0 bridgehead atoms. The lowest BCUT2D eigenvalue weighted by atomic mass is 10.1. The number of hydrogen-bond acceptors (Lipinski definition) is 5. The molecule has 0 saturated heterocycles. The molecule has 0 saturated carbocycles. The maximum absolute atomic E-state index is 13.0. The second kappa shape index (κ2) is 7.87. The van der Waals surface area contributed by atoms with Crippen LogP contribution in [-0.4, -0.2) is 30.9 Å². The minimum Gasteiger partial charge on any atom is -0.489 e. The van der Waals surface area contributed by atoms with Gasteiger partial charge in [0, 0.05) is 17.7 Å². The third-order valence-corrected chi connectivity index (χ3v) is 3.11. The number of amides is 2. The highest BCUT2D eigenvalue weighted by atomic mass is 19.1. The van der Waals surface area contributed by atoms with Gasteiger partial charge in [0.15, 0.2) is 0 Å². The van der Waals surface area contributed by atoms with Crippen molar-refractivity contribution in [3.63, 3.8) is 0 Å². The van der Waals surface area contributed by atoms with E-state index in [1.807, 2.05) is 0 Å². The molecule has 0 radical (unpaired) electrons. The predicted molar refractivity (Wildman–Crippen MR) is 89.2 cm³/mol. The van der Waals surface area contributed by atoms with Crippen molar-refractivity contribution in [2.75, 3.05) is 18.5 Å². The Labute approximate surface area is 145 Å². The van der Waals surface area contributed by atoms with Crippen molar-refractivity contribution in [3.05, 3.63) is 35.7 Å². The number of rotatable bonds is 5. The second-order valence-corrected chi connectivity index (χ2v) is 6.43. The molecular formula is C17H21FN2O5. The highest BCUT2D eigenvalue weighted by molar-refractivity contribution is 5.87. The van der Waals surface area contributed by atoms with Crippen LogP contribution in [0.15, 0.2) is 30.1 Å². The van der Waals surface area contributed by atoms with Crippen LogP contribution in [0, 0.1) is 0 Å². The second-order valence-electron chi connectivity index (χ2n) is 6.43. The Morgan fingerprint density at radius 1 is 1.44 bits per heavy atom. The summed E-state index contributed by atoms with van der Waals surface area (Å²) in [6.45, 7) is 5.29. The first-order valence-corrected chi connectivity index (χ1v) is 7.71. The van der Waals surface area contributed by atoms with Gasteiger partial charge in [-0.25, -0.2) is 14.0 Å². The fourth-order valence-corrected chi connectivity index (χ4v) is 1.99. The topological polar surface area (TPSA) is 85.9 Å². The quantitative estimate of drug-likeness (QED) is 0.847. The van der Waals surface area contributed by atoms with E-state index >= 15 is 0 Å². The zero-order chi connectivity index (χ0) is 18.4. The van der Waals surface area contributed by atoms with E-state index in [0.29, 0.717) is 17.8 Å². The largest absolute Gasteiger partial charge is 0.489 e.